The number of carbonyl (C=O) groups excluding carboxylic acids is 1. The average Bonchev–Trinajstić information content (AvgIpc) is 3.30. The van der Waals surface area contributed by atoms with Crippen molar-refractivity contribution in [3.63, 3.8) is 0 Å². The summed E-state index contributed by atoms with van der Waals surface area (Å²) in [6, 6.07) is 9.01. The fourth-order valence-electron chi connectivity index (χ4n) is 5.10. The van der Waals surface area contributed by atoms with Crippen LogP contribution in [0.25, 0.3) is 0 Å². The summed E-state index contributed by atoms with van der Waals surface area (Å²) in [6.45, 7) is 1.07. The van der Waals surface area contributed by atoms with Crippen molar-refractivity contribution < 1.29 is 9.90 Å². The number of aliphatic hydroxyl groups excluding tert-OH is 1. The van der Waals surface area contributed by atoms with E-state index in [0.717, 1.165) is 38.6 Å². The van der Waals surface area contributed by atoms with E-state index in [2.05, 4.69) is 29.2 Å². The first kappa shape index (κ1) is 15.2. The molecule has 2 aliphatic carbocycles. The third-order valence-corrected chi connectivity index (χ3v) is 6.37. The van der Waals surface area contributed by atoms with Crippen molar-refractivity contribution in [1.82, 2.24) is 4.90 Å². The van der Waals surface area contributed by atoms with Crippen molar-refractivity contribution in [1.29, 1.82) is 0 Å². The number of hydrogen-bond acceptors (Lipinski definition) is 2. The zero-order valence-corrected chi connectivity index (χ0v) is 13.8. The van der Waals surface area contributed by atoms with Crippen molar-refractivity contribution in [2.75, 3.05) is 13.2 Å². The number of rotatable bonds is 3. The molecular formula is C20H27NO2. The summed E-state index contributed by atoms with van der Waals surface area (Å²) in [5.74, 6) is 0.545. The standard InChI is InChI=1S/C20H27NO2/c22-13-10-16-8-3-4-12-21(16)19(23)18-14-20(18)11-5-7-15-6-1-2-9-17(15)20/h1-2,6,9,16,18,22H,3-5,7-8,10-14H2. The first-order chi connectivity index (χ1) is 11.3. The quantitative estimate of drug-likeness (QED) is 0.932. The summed E-state index contributed by atoms with van der Waals surface area (Å²) >= 11 is 0. The van der Waals surface area contributed by atoms with Gasteiger partial charge in [-0.2, -0.15) is 0 Å². The minimum absolute atomic E-state index is 0.132. The first-order valence-corrected chi connectivity index (χ1v) is 9.26. The summed E-state index contributed by atoms with van der Waals surface area (Å²) in [7, 11) is 0. The highest BCUT2D eigenvalue weighted by molar-refractivity contribution is 5.85. The van der Waals surface area contributed by atoms with Gasteiger partial charge < -0.3 is 10.0 Å². The molecule has 1 saturated heterocycles. The highest BCUT2D eigenvalue weighted by Gasteiger charge is 2.61. The number of piperidine rings is 1. The maximum atomic E-state index is 13.2. The molecule has 1 aliphatic heterocycles. The Hall–Kier alpha value is -1.35. The smallest absolute Gasteiger partial charge is 0.226 e. The molecule has 1 amide bonds. The van der Waals surface area contributed by atoms with E-state index in [1.807, 2.05) is 0 Å². The molecule has 1 saturated carbocycles. The first-order valence-electron chi connectivity index (χ1n) is 9.26. The van der Waals surface area contributed by atoms with E-state index in [4.69, 9.17) is 0 Å². The van der Waals surface area contributed by atoms with Gasteiger partial charge in [0.1, 0.15) is 0 Å². The summed E-state index contributed by atoms with van der Waals surface area (Å²) in [5, 5.41) is 9.31. The monoisotopic (exact) mass is 313 g/mol. The molecule has 2 fully saturated rings. The molecule has 3 aliphatic rings. The van der Waals surface area contributed by atoms with Crippen molar-refractivity contribution in [3.8, 4) is 0 Å². The number of benzene rings is 1. The van der Waals surface area contributed by atoms with E-state index in [0.29, 0.717) is 5.91 Å². The number of aryl methyl sites for hydroxylation is 1. The zero-order valence-electron chi connectivity index (χ0n) is 13.8. The molecule has 1 aromatic carbocycles. The number of fused-ring (bicyclic) bond motifs is 2. The molecule has 1 N–H and O–H groups in total. The van der Waals surface area contributed by atoms with Crippen LogP contribution in [0.15, 0.2) is 24.3 Å². The molecule has 0 bridgehead atoms. The third kappa shape index (κ3) is 2.50. The van der Waals surface area contributed by atoms with Gasteiger partial charge in [0.15, 0.2) is 0 Å². The minimum atomic E-state index is 0.132. The van der Waals surface area contributed by atoms with E-state index < -0.39 is 0 Å². The van der Waals surface area contributed by atoms with Crippen LogP contribution in [-0.4, -0.2) is 35.1 Å². The topological polar surface area (TPSA) is 40.5 Å². The number of aliphatic hydroxyl groups is 1. The van der Waals surface area contributed by atoms with Crippen LogP contribution < -0.4 is 0 Å². The Morgan fingerprint density at radius 3 is 3.00 bits per heavy atom. The second kappa shape index (κ2) is 5.94. The predicted octanol–water partition coefficient (Wildman–Crippen LogP) is 3.04. The third-order valence-electron chi connectivity index (χ3n) is 6.37. The van der Waals surface area contributed by atoms with Gasteiger partial charge in [-0.1, -0.05) is 24.3 Å². The predicted molar refractivity (Wildman–Crippen MR) is 90.2 cm³/mol. The Morgan fingerprint density at radius 1 is 1.26 bits per heavy atom. The number of nitrogens with zero attached hydrogens (tertiary/aromatic N) is 1. The molecule has 1 heterocycles. The molecule has 0 radical (unpaired) electrons. The second-order valence-corrected chi connectivity index (χ2v) is 7.62. The van der Waals surface area contributed by atoms with E-state index in [9.17, 15) is 9.90 Å². The number of carbonyl (C=O) groups is 1. The van der Waals surface area contributed by atoms with Crippen LogP contribution in [0.4, 0.5) is 0 Å². The minimum Gasteiger partial charge on any atom is -0.396 e. The highest BCUT2D eigenvalue weighted by atomic mass is 16.3. The molecule has 0 aromatic heterocycles. The lowest BCUT2D eigenvalue weighted by atomic mass is 9.78. The number of likely N-dealkylation sites (tertiary alicyclic amines) is 1. The van der Waals surface area contributed by atoms with Crippen LogP contribution in [-0.2, 0) is 16.6 Å². The van der Waals surface area contributed by atoms with Gasteiger partial charge in [0.25, 0.3) is 0 Å². The van der Waals surface area contributed by atoms with E-state index in [1.54, 1.807) is 0 Å². The Morgan fingerprint density at radius 2 is 2.13 bits per heavy atom. The van der Waals surface area contributed by atoms with Crippen LogP contribution in [0.5, 0.6) is 0 Å². The van der Waals surface area contributed by atoms with Crippen LogP contribution in [0, 0.1) is 5.92 Å². The molecule has 1 spiro atoms. The normalized spacial score (nSPS) is 32.7. The van der Waals surface area contributed by atoms with Gasteiger partial charge in [-0.3, -0.25) is 4.79 Å². The highest BCUT2D eigenvalue weighted by Crippen LogP contribution is 2.61. The fourth-order valence-corrected chi connectivity index (χ4v) is 5.10. The maximum absolute atomic E-state index is 13.2. The lowest BCUT2D eigenvalue weighted by molar-refractivity contribution is -0.137. The van der Waals surface area contributed by atoms with Crippen molar-refractivity contribution in [2.45, 2.75) is 62.8 Å². The average molecular weight is 313 g/mol. The van der Waals surface area contributed by atoms with Crippen LogP contribution in [0.1, 0.15) is 56.1 Å². The Balaban J connectivity index is 1.55. The van der Waals surface area contributed by atoms with E-state index in [1.165, 1.54) is 30.4 Å². The van der Waals surface area contributed by atoms with Crippen molar-refractivity contribution >= 4 is 5.91 Å². The molecule has 3 unspecified atom stereocenters. The summed E-state index contributed by atoms with van der Waals surface area (Å²) in [6.07, 6.45) is 8.67. The largest absolute Gasteiger partial charge is 0.396 e. The Bertz CT molecular complexity index is 597. The zero-order chi connectivity index (χ0) is 15.9. The molecule has 3 atom stereocenters. The lowest BCUT2D eigenvalue weighted by Gasteiger charge is -2.37. The van der Waals surface area contributed by atoms with Crippen molar-refractivity contribution in [3.05, 3.63) is 35.4 Å². The summed E-state index contributed by atoms with van der Waals surface area (Å²) < 4.78 is 0. The Kier molecular flexibility index (Phi) is 3.92. The van der Waals surface area contributed by atoms with Gasteiger partial charge in [-0.05, 0) is 62.5 Å². The van der Waals surface area contributed by atoms with Gasteiger partial charge in [-0.25, -0.2) is 0 Å². The van der Waals surface area contributed by atoms with Crippen molar-refractivity contribution in [2.24, 2.45) is 5.92 Å². The van der Waals surface area contributed by atoms with Crippen LogP contribution in [0.3, 0.4) is 0 Å². The van der Waals surface area contributed by atoms with Gasteiger partial charge in [0.2, 0.25) is 5.91 Å². The van der Waals surface area contributed by atoms with Gasteiger partial charge in [0, 0.05) is 30.5 Å². The molecule has 3 nitrogen and oxygen atoms in total. The molecule has 23 heavy (non-hydrogen) atoms. The summed E-state index contributed by atoms with van der Waals surface area (Å²) in [5.41, 5.74) is 3.03. The van der Waals surface area contributed by atoms with Gasteiger partial charge >= 0.3 is 0 Å². The lowest BCUT2D eigenvalue weighted by Crippen LogP contribution is -2.46. The molecule has 3 heteroatoms. The maximum Gasteiger partial charge on any atom is 0.226 e. The molecule has 1 aromatic rings. The van der Waals surface area contributed by atoms with E-state index >= 15 is 0 Å². The van der Waals surface area contributed by atoms with Gasteiger partial charge in [-0.15, -0.1) is 0 Å². The molecular weight excluding hydrogens is 286 g/mol. The Labute approximate surface area is 138 Å². The van der Waals surface area contributed by atoms with Gasteiger partial charge in [0.05, 0.1) is 0 Å². The number of hydrogen-bond donors (Lipinski definition) is 1. The van der Waals surface area contributed by atoms with Crippen LogP contribution >= 0.6 is 0 Å². The molecule has 124 valence electrons. The van der Waals surface area contributed by atoms with Crippen LogP contribution in [0.2, 0.25) is 0 Å². The number of amides is 1. The SMILES string of the molecule is O=C(C1CC12CCCc1ccccc12)N1CCCCC1CCO. The summed E-state index contributed by atoms with van der Waals surface area (Å²) in [4.78, 5) is 15.3. The molecule has 4 rings (SSSR count). The van der Waals surface area contributed by atoms with E-state index in [-0.39, 0.29) is 24.0 Å². The second-order valence-electron chi connectivity index (χ2n) is 7.62. The fraction of sp³-hybridized carbons (Fsp3) is 0.650.